The second-order valence-corrected chi connectivity index (χ2v) is 6.53. The summed E-state index contributed by atoms with van der Waals surface area (Å²) in [6.45, 7) is 2.03. The van der Waals surface area contributed by atoms with Crippen molar-refractivity contribution >= 4 is 17.7 Å². The van der Waals surface area contributed by atoms with Crippen LogP contribution < -0.4 is 5.32 Å². The van der Waals surface area contributed by atoms with Gasteiger partial charge < -0.3 is 9.64 Å². The summed E-state index contributed by atoms with van der Waals surface area (Å²) in [6, 6.07) is 14.7. The molecule has 0 aliphatic rings. The Morgan fingerprint density at radius 2 is 1.89 bits per heavy atom. The van der Waals surface area contributed by atoms with Gasteiger partial charge >= 0.3 is 6.09 Å². The number of H-pyrrole nitrogens is 1. The molecule has 0 atom stereocenters. The Labute approximate surface area is 163 Å². The highest BCUT2D eigenvalue weighted by Crippen LogP contribution is 2.27. The molecule has 0 saturated carbocycles. The lowest BCUT2D eigenvalue weighted by Crippen LogP contribution is -2.24. The fourth-order valence-corrected chi connectivity index (χ4v) is 2.76. The Hall–Kier alpha value is -3.61. The number of aromatic nitrogens is 2. The number of rotatable bonds is 5. The molecule has 0 fully saturated rings. The normalized spacial score (nSPS) is 10.4. The van der Waals surface area contributed by atoms with E-state index in [0.29, 0.717) is 11.3 Å². The van der Waals surface area contributed by atoms with Crippen molar-refractivity contribution in [2.24, 2.45) is 0 Å². The van der Waals surface area contributed by atoms with Crippen LogP contribution in [0, 0.1) is 6.92 Å². The molecule has 2 amide bonds. The Morgan fingerprint density at radius 1 is 1.14 bits per heavy atom. The van der Waals surface area contributed by atoms with Gasteiger partial charge in [-0.3, -0.25) is 15.2 Å². The van der Waals surface area contributed by atoms with Crippen LogP contribution in [0.25, 0.3) is 11.1 Å². The van der Waals surface area contributed by atoms with Crippen LogP contribution in [-0.2, 0) is 11.3 Å². The van der Waals surface area contributed by atoms with E-state index in [1.54, 1.807) is 32.4 Å². The van der Waals surface area contributed by atoms with Crippen molar-refractivity contribution in [3.63, 3.8) is 0 Å². The number of benzene rings is 2. The van der Waals surface area contributed by atoms with E-state index < -0.39 is 6.09 Å². The molecule has 3 aromatic rings. The third kappa shape index (κ3) is 4.37. The van der Waals surface area contributed by atoms with Gasteiger partial charge in [0.2, 0.25) is 0 Å². The standard InChI is InChI=1S/C21H22N4O3/c1-14-18(12-22-24-14)16-9-10-19(17(11-16)20(26)25(2)3)23-21(27)28-13-15-7-5-4-6-8-15/h4-12H,13H2,1-3H3,(H,22,24)(H,23,27). The largest absolute Gasteiger partial charge is 0.444 e. The molecule has 1 heterocycles. The second kappa shape index (κ2) is 8.39. The molecule has 28 heavy (non-hydrogen) atoms. The van der Waals surface area contributed by atoms with Crippen LogP contribution in [-0.4, -0.2) is 41.2 Å². The maximum Gasteiger partial charge on any atom is 0.411 e. The third-order valence-electron chi connectivity index (χ3n) is 4.25. The molecule has 0 unspecified atom stereocenters. The summed E-state index contributed by atoms with van der Waals surface area (Å²) in [7, 11) is 3.32. The van der Waals surface area contributed by atoms with Gasteiger partial charge in [-0.2, -0.15) is 5.10 Å². The predicted molar refractivity (Wildman–Crippen MR) is 107 cm³/mol. The summed E-state index contributed by atoms with van der Waals surface area (Å²) in [5, 5.41) is 9.60. The van der Waals surface area contributed by atoms with Gasteiger partial charge in [-0.25, -0.2) is 4.79 Å². The van der Waals surface area contributed by atoms with Gasteiger partial charge in [0.05, 0.1) is 16.9 Å². The van der Waals surface area contributed by atoms with Gasteiger partial charge in [-0.15, -0.1) is 0 Å². The molecule has 0 aliphatic carbocycles. The molecule has 0 aliphatic heterocycles. The van der Waals surface area contributed by atoms with E-state index in [9.17, 15) is 9.59 Å². The minimum Gasteiger partial charge on any atom is -0.444 e. The minimum absolute atomic E-state index is 0.149. The molecular formula is C21H22N4O3. The van der Waals surface area contributed by atoms with Crippen molar-refractivity contribution in [3.8, 4) is 11.1 Å². The van der Waals surface area contributed by atoms with Crippen molar-refractivity contribution in [1.29, 1.82) is 0 Å². The number of ether oxygens (including phenoxy) is 1. The maximum absolute atomic E-state index is 12.6. The summed E-state index contributed by atoms with van der Waals surface area (Å²) in [6.07, 6.45) is 1.15. The molecule has 1 aromatic heterocycles. The summed E-state index contributed by atoms with van der Waals surface area (Å²) in [4.78, 5) is 26.3. The highest BCUT2D eigenvalue weighted by Gasteiger charge is 2.18. The number of nitrogens with zero attached hydrogens (tertiary/aromatic N) is 2. The first-order valence-electron chi connectivity index (χ1n) is 8.80. The number of hydrogen-bond acceptors (Lipinski definition) is 4. The fraction of sp³-hybridized carbons (Fsp3) is 0.190. The number of carbonyl (C=O) groups is 2. The number of amides is 2. The van der Waals surface area contributed by atoms with Gasteiger partial charge in [0, 0.05) is 25.9 Å². The van der Waals surface area contributed by atoms with E-state index in [-0.39, 0.29) is 12.5 Å². The number of anilines is 1. The molecule has 7 nitrogen and oxygen atoms in total. The number of nitrogens with one attached hydrogen (secondary N) is 2. The van der Waals surface area contributed by atoms with Crippen molar-refractivity contribution in [2.75, 3.05) is 19.4 Å². The zero-order chi connectivity index (χ0) is 20.1. The number of carbonyl (C=O) groups excluding carboxylic acids is 2. The van der Waals surface area contributed by atoms with E-state index in [1.165, 1.54) is 4.90 Å². The van der Waals surface area contributed by atoms with Gasteiger partial charge in [0.1, 0.15) is 6.61 Å². The summed E-state index contributed by atoms with van der Waals surface area (Å²) < 4.78 is 5.26. The van der Waals surface area contributed by atoms with Crippen LogP contribution in [0.1, 0.15) is 21.6 Å². The molecule has 0 radical (unpaired) electrons. The molecule has 7 heteroatoms. The van der Waals surface area contributed by atoms with Crippen LogP contribution in [0.4, 0.5) is 10.5 Å². The van der Waals surface area contributed by atoms with Crippen LogP contribution in [0.15, 0.2) is 54.7 Å². The highest BCUT2D eigenvalue weighted by atomic mass is 16.5. The highest BCUT2D eigenvalue weighted by molar-refractivity contribution is 6.03. The lowest BCUT2D eigenvalue weighted by molar-refractivity contribution is 0.0828. The van der Waals surface area contributed by atoms with Gasteiger partial charge in [0.15, 0.2) is 0 Å². The monoisotopic (exact) mass is 378 g/mol. The summed E-state index contributed by atoms with van der Waals surface area (Å²) in [5.74, 6) is -0.221. The third-order valence-corrected chi connectivity index (χ3v) is 4.25. The van der Waals surface area contributed by atoms with Crippen LogP contribution >= 0.6 is 0 Å². The van der Waals surface area contributed by atoms with Crippen LogP contribution in [0.5, 0.6) is 0 Å². The molecule has 2 aromatic carbocycles. The smallest absolute Gasteiger partial charge is 0.411 e. The molecule has 2 N–H and O–H groups in total. The predicted octanol–water partition coefficient (Wildman–Crippen LogP) is 3.84. The Morgan fingerprint density at radius 3 is 2.54 bits per heavy atom. The summed E-state index contributed by atoms with van der Waals surface area (Å²) >= 11 is 0. The second-order valence-electron chi connectivity index (χ2n) is 6.53. The number of aromatic amines is 1. The molecule has 0 spiro atoms. The Kier molecular flexibility index (Phi) is 5.74. The lowest BCUT2D eigenvalue weighted by atomic mass is 10.0. The van der Waals surface area contributed by atoms with E-state index in [1.807, 2.05) is 43.3 Å². The first kappa shape index (κ1) is 19.2. The van der Waals surface area contributed by atoms with Crippen molar-refractivity contribution < 1.29 is 14.3 Å². The zero-order valence-corrected chi connectivity index (χ0v) is 16.0. The Bertz CT molecular complexity index is 980. The topological polar surface area (TPSA) is 87.3 Å². The van der Waals surface area contributed by atoms with Gasteiger partial charge in [0.25, 0.3) is 5.91 Å². The number of aryl methyl sites for hydroxylation is 1. The average Bonchev–Trinajstić information content (AvgIpc) is 3.13. The summed E-state index contributed by atoms with van der Waals surface area (Å²) in [5.41, 5.74) is 4.20. The van der Waals surface area contributed by atoms with E-state index >= 15 is 0 Å². The van der Waals surface area contributed by atoms with Crippen molar-refractivity contribution in [1.82, 2.24) is 15.1 Å². The van der Waals surface area contributed by atoms with Gasteiger partial charge in [-0.05, 0) is 30.2 Å². The van der Waals surface area contributed by atoms with Crippen LogP contribution in [0.2, 0.25) is 0 Å². The first-order chi connectivity index (χ1) is 13.5. The molecular weight excluding hydrogens is 356 g/mol. The van der Waals surface area contributed by atoms with E-state index in [4.69, 9.17) is 4.74 Å². The van der Waals surface area contributed by atoms with Crippen LogP contribution in [0.3, 0.4) is 0 Å². The van der Waals surface area contributed by atoms with Gasteiger partial charge in [-0.1, -0.05) is 36.4 Å². The van der Waals surface area contributed by atoms with E-state index in [0.717, 1.165) is 22.4 Å². The fourth-order valence-electron chi connectivity index (χ4n) is 2.76. The van der Waals surface area contributed by atoms with E-state index in [2.05, 4.69) is 15.5 Å². The molecule has 144 valence electrons. The minimum atomic E-state index is -0.621. The molecule has 0 saturated heterocycles. The Balaban J connectivity index is 1.82. The quantitative estimate of drug-likeness (QED) is 0.706. The number of hydrogen-bond donors (Lipinski definition) is 2. The zero-order valence-electron chi connectivity index (χ0n) is 16.0. The van der Waals surface area contributed by atoms with Crippen molar-refractivity contribution in [2.45, 2.75) is 13.5 Å². The van der Waals surface area contributed by atoms with Crippen molar-refractivity contribution in [3.05, 3.63) is 71.5 Å². The molecule has 3 rings (SSSR count). The SMILES string of the molecule is Cc1n[nH]cc1-c1ccc(NC(=O)OCc2ccccc2)c(C(=O)N(C)C)c1. The lowest BCUT2D eigenvalue weighted by Gasteiger charge is -2.16. The molecule has 0 bridgehead atoms. The average molecular weight is 378 g/mol. The maximum atomic E-state index is 12.6. The first-order valence-corrected chi connectivity index (χ1v) is 8.80.